The molecular weight excluding hydrogens is 277 g/mol. The molecule has 1 N–H and O–H groups in total. The molecule has 4 heteroatoms. The summed E-state index contributed by atoms with van der Waals surface area (Å²) in [6.07, 6.45) is 0. The summed E-state index contributed by atoms with van der Waals surface area (Å²) in [5.74, 6) is -0.341. The third-order valence-corrected chi connectivity index (χ3v) is 3.20. The molecule has 2 aromatic carbocycles. The molecule has 0 radical (unpaired) electrons. The Hall–Kier alpha value is -1.58. The molecule has 0 atom stereocenters. The number of benzene rings is 2. The molecule has 0 aliphatic rings. The number of nitrogens with one attached hydrogen (secondary N) is 1. The summed E-state index contributed by atoms with van der Waals surface area (Å²) in [5, 5.41) is 3.54. The van der Waals surface area contributed by atoms with E-state index in [2.05, 4.69) is 12.2 Å². The van der Waals surface area contributed by atoms with Gasteiger partial charge in [-0.15, -0.1) is 0 Å². The predicted molar refractivity (Wildman–Crippen MR) is 79.6 cm³/mol. The van der Waals surface area contributed by atoms with Crippen molar-refractivity contribution in [1.29, 1.82) is 0 Å². The van der Waals surface area contributed by atoms with Gasteiger partial charge in [0.2, 0.25) is 0 Å². The van der Waals surface area contributed by atoms with E-state index in [0.717, 1.165) is 18.7 Å². The highest BCUT2D eigenvalue weighted by molar-refractivity contribution is 6.32. The summed E-state index contributed by atoms with van der Waals surface area (Å²) >= 11 is 5.90. The predicted octanol–water partition coefficient (Wildman–Crippen LogP) is 4.17. The molecule has 0 aliphatic heterocycles. The molecule has 2 aromatic rings. The molecule has 0 heterocycles. The quantitative estimate of drug-likeness (QED) is 0.863. The Balaban J connectivity index is 1.97. The second kappa shape index (κ2) is 7.27. The van der Waals surface area contributed by atoms with Crippen LogP contribution in [0.1, 0.15) is 18.1 Å². The number of para-hydroxylation sites is 1. The molecule has 0 amide bonds. The van der Waals surface area contributed by atoms with Gasteiger partial charge in [-0.05, 0) is 29.8 Å². The topological polar surface area (TPSA) is 21.3 Å². The van der Waals surface area contributed by atoms with Crippen molar-refractivity contribution < 1.29 is 9.13 Å². The molecule has 0 saturated carbocycles. The summed E-state index contributed by atoms with van der Waals surface area (Å²) in [6, 6.07) is 12.5. The van der Waals surface area contributed by atoms with E-state index in [1.165, 1.54) is 11.6 Å². The minimum Gasteiger partial charge on any atom is -0.484 e. The van der Waals surface area contributed by atoms with Gasteiger partial charge in [-0.2, -0.15) is 0 Å². The van der Waals surface area contributed by atoms with E-state index in [0.29, 0.717) is 6.61 Å². The Kier molecular flexibility index (Phi) is 5.39. The Morgan fingerprint density at radius 3 is 2.45 bits per heavy atom. The van der Waals surface area contributed by atoms with Gasteiger partial charge in [0.05, 0.1) is 5.02 Å². The minimum atomic E-state index is -0.443. The SMILES string of the molecule is CCNCc1ccc(COc2c(F)cccc2Cl)cc1. The number of hydrogen-bond donors (Lipinski definition) is 1. The highest BCUT2D eigenvalue weighted by atomic mass is 35.5. The first kappa shape index (κ1) is 14.8. The van der Waals surface area contributed by atoms with E-state index >= 15 is 0 Å². The van der Waals surface area contributed by atoms with Crippen LogP contribution in [0.2, 0.25) is 5.02 Å². The van der Waals surface area contributed by atoms with Gasteiger partial charge < -0.3 is 10.1 Å². The molecule has 0 aliphatic carbocycles. The van der Waals surface area contributed by atoms with Crippen LogP contribution in [0.4, 0.5) is 4.39 Å². The molecular formula is C16H17ClFNO. The molecule has 2 rings (SSSR count). The van der Waals surface area contributed by atoms with E-state index < -0.39 is 5.82 Å². The molecule has 0 unspecified atom stereocenters. The van der Waals surface area contributed by atoms with Gasteiger partial charge >= 0.3 is 0 Å². The van der Waals surface area contributed by atoms with Crippen LogP contribution in [0, 0.1) is 5.82 Å². The van der Waals surface area contributed by atoms with Crippen LogP contribution in [0.25, 0.3) is 0 Å². The highest BCUT2D eigenvalue weighted by Gasteiger charge is 2.08. The smallest absolute Gasteiger partial charge is 0.174 e. The first-order valence-electron chi connectivity index (χ1n) is 6.56. The van der Waals surface area contributed by atoms with Crippen molar-refractivity contribution in [2.24, 2.45) is 0 Å². The molecule has 2 nitrogen and oxygen atoms in total. The molecule has 0 aromatic heterocycles. The second-order valence-electron chi connectivity index (χ2n) is 4.44. The minimum absolute atomic E-state index is 0.103. The average Bonchev–Trinajstić information content (AvgIpc) is 2.46. The van der Waals surface area contributed by atoms with Gasteiger partial charge in [-0.1, -0.05) is 48.9 Å². The van der Waals surface area contributed by atoms with Gasteiger partial charge in [0, 0.05) is 6.54 Å². The van der Waals surface area contributed by atoms with Crippen LogP contribution in [0.3, 0.4) is 0 Å². The van der Waals surface area contributed by atoms with E-state index in [1.807, 2.05) is 24.3 Å². The van der Waals surface area contributed by atoms with Crippen molar-refractivity contribution >= 4 is 11.6 Å². The standard InChI is InChI=1S/C16H17ClFNO/c1-2-19-10-12-6-8-13(9-7-12)11-20-16-14(17)4-3-5-15(16)18/h3-9,19H,2,10-11H2,1H3. The second-order valence-corrected chi connectivity index (χ2v) is 4.84. The Bertz CT molecular complexity index is 537. The molecule has 0 bridgehead atoms. The molecule has 0 fully saturated rings. The van der Waals surface area contributed by atoms with Gasteiger partial charge in [0.1, 0.15) is 6.61 Å². The van der Waals surface area contributed by atoms with Crippen molar-refractivity contribution in [3.63, 3.8) is 0 Å². The molecule has 106 valence electrons. The first-order chi connectivity index (χ1) is 9.70. The van der Waals surface area contributed by atoms with Gasteiger partial charge in [-0.3, -0.25) is 0 Å². The van der Waals surface area contributed by atoms with Crippen LogP contribution >= 0.6 is 11.6 Å². The van der Waals surface area contributed by atoms with Crippen molar-refractivity contribution in [3.8, 4) is 5.75 Å². The lowest BCUT2D eigenvalue weighted by Crippen LogP contribution is -2.11. The zero-order chi connectivity index (χ0) is 14.4. The van der Waals surface area contributed by atoms with Crippen LogP contribution < -0.4 is 10.1 Å². The largest absolute Gasteiger partial charge is 0.484 e. The summed E-state index contributed by atoms with van der Waals surface area (Å²) in [7, 11) is 0. The highest BCUT2D eigenvalue weighted by Crippen LogP contribution is 2.27. The zero-order valence-corrected chi connectivity index (χ0v) is 12.1. The third-order valence-electron chi connectivity index (χ3n) is 2.90. The summed E-state index contributed by atoms with van der Waals surface area (Å²) in [6.45, 7) is 4.15. The third kappa shape index (κ3) is 3.95. The fourth-order valence-electron chi connectivity index (χ4n) is 1.80. The lowest BCUT2D eigenvalue weighted by molar-refractivity contribution is 0.290. The van der Waals surface area contributed by atoms with Crippen molar-refractivity contribution in [2.75, 3.05) is 6.54 Å². The first-order valence-corrected chi connectivity index (χ1v) is 6.94. The van der Waals surface area contributed by atoms with Crippen LogP contribution in [-0.2, 0) is 13.2 Å². The normalized spacial score (nSPS) is 10.6. The number of hydrogen-bond acceptors (Lipinski definition) is 2. The maximum atomic E-state index is 13.5. The number of ether oxygens (including phenoxy) is 1. The maximum Gasteiger partial charge on any atom is 0.174 e. The van der Waals surface area contributed by atoms with E-state index in [4.69, 9.17) is 16.3 Å². The van der Waals surface area contributed by atoms with Crippen LogP contribution in [-0.4, -0.2) is 6.54 Å². The molecule has 0 saturated heterocycles. The average molecular weight is 294 g/mol. The Morgan fingerprint density at radius 1 is 1.10 bits per heavy atom. The lowest BCUT2D eigenvalue weighted by Gasteiger charge is -2.09. The summed E-state index contributed by atoms with van der Waals surface area (Å²) in [4.78, 5) is 0. The van der Waals surface area contributed by atoms with Crippen molar-refractivity contribution in [2.45, 2.75) is 20.1 Å². The Labute approximate surface area is 123 Å². The fourth-order valence-corrected chi connectivity index (χ4v) is 2.02. The van der Waals surface area contributed by atoms with Crippen molar-refractivity contribution in [3.05, 3.63) is 64.4 Å². The summed E-state index contributed by atoms with van der Waals surface area (Å²) in [5.41, 5.74) is 2.18. The van der Waals surface area contributed by atoms with E-state index in [9.17, 15) is 4.39 Å². The summed E-state index contributed by atoms with van der Waals surface area (Å²) < 4.78 is 19.0. The number of halogens is 2. The van der Waals surface area contributed by atoms with E-state index in [-0.39, 0.29) is 10.8 Å². The molecule has 0 spiro atoms. The van der Waals surface area contributed by atoms with Crippen LogP contribution in [0.15, 0.2) is 42.5 Å². The van der Waals surface area contributed by atoms with Gasteiger partial charge in [0.25, 0.3) is 0 Å². The van der Waals surface area contributed by atoms with Gasteiger partial charge in [-0.25, -0.2) is 4.39 Å². The monoisotopic (exact) mass is 293 g/mol. The lowest BCUT2D eigenvalue weighted by atomic mass is 10.1. The number of rotatable bonds is 6. The fraction of sp³-hybridized carbons (Fsp3) is 0.250. The zero-order valence-electron chi connectivity index (χ0n) is 11.3. The van der Waals surface area contributed by atoms with E-state index in [1.54, 1.807) is 12.1 Å². The van der Waals surface area contributed by atoms with Crippen molar-refractivity contribution in [1.82, 2.24) is 5.32 Å². The Morgan fingerprint density at radius 2 is 1.80 bits per heavy atom. The van der Waals surface area contributed by atoms with Crippen LogP contribution in [0.5, 0.6) is 5.75 Å². The molecule has 20 heavy (non-hydrogen) atoms. The van der Waals surface area contributed by atoms with Gasteiger partial charge in [0.15, 0.2) is 11.6 Å². The maximum absolute atomic E-state index is 13.5.